The Bertz CT molecular complexity index is 1200. The van der Waals surface area contributed by atoms with Crippen LogP contribution in [-0.2, 0) is 17.8 Å². The molecule has 14 nitrogen and oxygen atoms in total. The summed E-state index contributed by atoms with van der Waals surface area (Å²) in [7, 11) is 0. The highest BCUT2D eigenvalue weighted by Gasteiger charge is 2.44. The molecule has 4 atom stereocenters. The minimum Gasteiger partial charge on any atom is -0.394 e. The third-order valence-corrected chi connectivity index (χ3v) is 5.02. The number of fused-ring (bicyclic) bond motifs is 1. The number of hydrogen-bond donors (Lipinski definition) is 5. The van der Waals surface area contributed by atoms with E-state index >= 15 is 0 Å². The normalized spacial score (nSPS) is 24.0. The van der Waals surface area contributed by atoms with Crippen molar-refractivity contribution >= 4 is 22.9 Å². The van der Waals surface area contributed by atoms with Crippen LogP contribution in [0.4, 0.5) is 11.8 Å². The van der Waals surface area contributed by atoms with E-state index < -0.39 is 42.4 Å². The number of nitrogen functional groups attached to an aromatic ring is 2. The SMILES string of the molecule is Nc1ccnc(=O)n1CCn1c(N)nc2c(ncn2[C@@H]2O[C@H](CO)[C@@H](O)[C@H]2O)c1=O. The van der Waals surface area contributed by atoms with Crippen LogP contribution >= 0.6 is 0 Å². The summed E-state index contributed by atoms with van der Waals surface area (Å²) in [4.78, 5) is 36.6. The van der Waals surface area contributed by atoms with Crippen LogP contribution in [-0.4, -0.2) is 68.9 Å². The number of ether oxygens (including phenoxy) is 1. The van der Waals surface area contributed by atoms with E-state index in [0.29, 0.717) is 0 Å². The first-order valence-corrected chi connectivity index (χ1v) is 9.00. The van der Waals surface area contributed by atoms with Crippen molar-refractivity contribution in [2.75, 3.05) is 18.1 Å². The quantitative estimate of drug-likeness (QED) is 0.275. The summed E-state index contributed by atoms with van der Waals surface area (Å²) in [6.07, 6.45) is -2.29. The third kappa shape index (κ3) is 3.11. The van der Waals surface area contributed by atoms with Crippen molar-refractivity contribution in [2.24, 2.45) is 0 Å². The molecule has 160 valence electrons. The molecule has 0 aromatic carbocycles. The number of aliphatic hydroxyl groups excluding tert-OH is 3. The van der Waals surface area contributed by atoms with Gasteiger partial charge in [-0.2, -0.15) is 4.98 Å². The zero-order valence-electron chi connectivity index (χ0n) is 15.6. The monoisotopic (exact) mass is 420 g/mol. The molecule has 0 radical (unpaired) electrons. The van der Waals surface area contributed by atoms with Gasteiger partial charge in [-0.3, -0.25) is 18.5 Å². The molecule has 1 saturated heterocycles. The van der Waals surface area contributed by atoms with E-state index in [4.69, 9.17) is 16.2 Å². The molecule has 3 aromatic rings. The predicted octanol–water partition coefficient (Wildman–Crippen LogP) is -3.37. The molecule has 0 spiro atoms. The van der Waals surface area contributed by atoms with Crippen LogP contribution in [0.25, 0.3) is 11.2 Å². The first-order chi connectivity index (χ1) is 14.3. The molecule has 4 heterocycles. The fourth-order valence-corrected chi connectivity index (χ4v) is 3.40. The maximum absolute atomic E-state index is 12.9. The van der Waals surface area contributed by atoms with Crippen molar-refractivity contribution in [3.05, 3.63) is 39.4 Å². The van der Waals surface area contributed by atoms with Crippen LogP contribution in [0, 0.1) is 0 Å². The van der Waals surface area contributed by atoms with Gasteiger partial charge in [-0.05, 0) is 6.07 Å². The van der Waals surface area contributed by atoms with Gasteiger partial charge in [0.05, 0.1) is 12.9 Å². The largest absolute Gasteiger partial charge is 0.394 e. The van der Waals surface area contributed by atoms with Crippen molar-refractivity contribution in [1.82, 2.24) is 28.7 Å². The number of anilines is 2. The van der Waals surface area contributed by atoms with E-state index in [1.54, 1.807) is 0 Å². The lowest BCUT2D eigenvalue weighted by Crippen LogP contribution is -2.33. The number of aliphatic hydroxyl groups is 3. The lowest BCUT2D eigenvalue weighted by Gasteiger charge is -2.17. The van der Waals surface area contributed by atoms with Crippen molar-refractivity contribution in [1.29, 1.82) is 0 Å². The summed E-state index contributed by atoms with van der Waals surface area (Å²) in [6, 6.07) is 1.46. The van der Waals surface area contributed by atoms with Crippen molar-refractivity contribution in [3.8, 4) is 0 Å². The Kier molecular flexibility index (Phi) is 4.98. The van der Waals surface area contributed by atoms with Crippen LogP contribution < -0.4 is 22.7 Å². The molecule has 0 unspecified atom stereocenters. The Morgan fingerprint density at radius 2 is 1.83 bits per heavy atom. The molecule has 3 aromatic heterocycles. The van der Waals surface area contributed by atoms with E-state index in [0.717, 1.165) is 4.57 Å². The maximum Gasteiger partial charge on any atom is 0.349 e. The molecule has 1 fully saturated rings. The highest BCUT2D eigenvalue weighted by atomic mass is 16.6. The summed E-state index contributed by atoms with van der Waals surface area (Å²) >= 11 is 0. The van der Waals surface area contributed by atoms with Crippen LogP contribution in [0.1, 0.15) is 6.23 Å². The number of hydrogen-bond acceptors (Lipinski definition) is 11. The van der Waals surface area contributed by atoms with Crippen molar-refractivity contribution in [2.45, 2.75) is 37.6 Å². The molecule has 0 bridgehead atoms. The van der Waals surface area contributed by atoms with E-state index in [1.807, 2.05) is 0 Å². The first-order valence-electron chi connectivity index (χ1n) is 9.00. The molecule has 14 heteroatoms. The molecule has 1 aliphatic rings. The van der Waals surface area contributed by atoms with E-state index in [1.165, 1.54) is 27.7 Å². The molecular weight excluding hydrogens is 400 g/mol. The Balaban J connectivity index is 1.69. The zero-order chi connectivity index (χ0) is 21.6. The van der Waals surface area contributed by atoms with Crippen LogP contribution in [0.15, 0.2) is 28.2 Å². The zero-order valence-corrected chi connectivity index (χ0v) is 15.6. The first kappa shape index (κ1) is 20.0. The Hall–Kier alpha value is -3.33. The maximum atomic E-state index is 12.9. The smallest absolute Gasteiger partial charge is 0.349 e. The molecule has 0 amide bonds. The molecular formula is C16H20N8O6. The summed E-state index contributed by atoms with van der Waals surface area (Å²) in [5.74, 6) is 0.0285. The number of aromatic nitrogens is 6. The summed E-state index contributed by atoms with van der Waals surface area (Å²) in [5.41, 5.74) is 10.6. The Morgan fingerprint density at radius 1 is 1.10 bits per heavy atom. The second-order valence-corrected chi connectivity index (χ2v) is 6.78. The Morgan fingerprint density at radius 3 is 2.50 bits per heavy atom. The molecule has 0 aliphatic carbocycles. The topological polar surface area (TPSA) is 210 Å². The second kappa shape index (κ2) is 7.49. The van der Waals surface area contributed by atoms with Gasteiger partial charge in [0.2, 0.25) is 5.95 Å². The molecule has 0 saturated carbocycles. The van der Waals surface area contributed by atoms with Crippen molar-refractivity contribution in [3.63, 3.8) is 0 Å². The predicted molar refractivity (Wildman–Crippen MR) is 102 cm³/mol. The summed E-state index contributed by atoms with van der Waals surface area (Å²) < 4.78 is 9.05. The van der Waals surface area contributed by atoms with Gasteiger partial charge in [0.25, 0.3) is 5.56 Å². The van der Waals surface area contributed by atoms with Gasteiger partial charge in [0.1, 0.15) is 24.1 Å². The number of imidazole rings is 1. The number of nitrogens with zero attached hydrogens (tertiary/aromatic N) is 6. The average Bonchev–Trinajstić information content (AvgIpc) is 3.25. The molecule has 30 heavy (non-hydrogen) atoms. The van der Waals surface area contributed by atoms with Crippen molar-refractivity contribution < 1.29 is 20.1 Å². The minimum atomic E-state index is -1.37. The fourth-order valence-electron chi connectivity index (χ4n) is 3.40. The lowest BCUT2D eigenvalue weighted by atomic mass is 10.1. The van der Waals surface area contributed by atoms with E-state index in [2.05, 4.69) is 15.0 Å². The molecule has 7 N–H and O–H groups in total. The van der Waals surface area contributed by atoms with Gasteiger partial charge in [-0.1, -0.05) is 0 Å². The van der Waals surface area contributed by atoms with Gasteiger partial charge in [-0.15, -0.1) is 0 Å². The number of nitrogens with two attached hydrogens (primary N) is 2. The van der Waals surface area contributed by atoms with E-state index in [-0.39, 0.29) is 36.0 Å². The van der Waals surface area contributed by atoms with Gasteiger partial charge < -0.3 is 31.5 Å². The Labute approximate surface area is 167 Å². The highest BCUT2D eigenvalue weighted by Crippen LogP contribution is 2.30. The van der Waals surface area contributed by atoms with Crippen LogP contribution in [0.2, 0.25) is 0 Å². The van der Waals surface area contributed by atoms with E-state index in [9.17, 15) is 24.9 Å². The summed E-state index contributed by atoms with van der Waals surface area (Å²) in [5, 5.41) is 29.4. The molecule has 1 aliphatic heterocycles. The number of rotatable bonds is 5. The third-order valence-electron chi connectivity index (χ3n) is 5.02. The van der Waals surface area contributed by atoms with Gasteiger partial charge in [-0.25, -0.2) is 14.8 Å². The van der Waals surface area contributed by atoms with Gasteiger partial charge >= 0.3 is 5.69 Å². The standard InChI is InChI=1S/C16H20N8O6/c17-8-1-2-19-16(29)22(8)3-4-23-13(28)9-12(21-15(23)18)24(6-20-9)14-11(27)10(26)7(5-25)30-14/h1-2,6-7,10-11,14,25-27H,3-5,17H2,(H2,18,21)/t7-,10-,11-,14-/m1/s1. The van der Waals surface area contributed by atoms with Crippen LogP contribution in [0.3, 0.4) is 0 Å². The fraction of sp³-hybridized carbons (Fsp3) is 0.438. The second-order valence-electron chi connectivity index (χ2n) is 6.78. The molecule has 4 rings (SSSR count). The van der Waals surface area contributed by atoms with Gasteiger partial charge in [0.15, 0.2) is 17.4 Å². The highest BCUT2D eigenvalue weighted by molar-refractivity contribution is 5.71. The lowest BCUT2D eigenvalue weighted by molar-refractivity contribution is -0.0511. The summed E-state index contributed by atoms with van der Waals surface area (Å²) in [6.45, 7) is -0.476. The van der Waals surface area contributed by atoms with Gasteiger partial charge in [0, 0.05) is 19.3 Å². The minimum absolute atomic E-state index is 0.00980. The average molecular weight is 420 g/mol. The van der Waals surface area contributed by atoms with Crippen LogP contribution in [0.5, 0.6) is 0 Å².